The number of nitrogens with zero attached hydrogens (tertiary/aromatic N) is 2. The highest BCUT2D eigenvalue weighted by Crippen LogP contribution is 2.28. The second-order valence-corrected chi connectivity index (χ2v) is 7.36. The maximum absolute atomic E-state index is 12.8. The van der Waals surface area contributed by atoms with E-state index in [4.69, 9.17) is 4.74 Å². The van der Waals surface area contributed by atoms with Gasteiger partial charge in [0.15, 0.2) is 0 Å². The molecule has 0 radical (unpaired) electrons. The average molecular weight is 378 g/mol. The van der Waals surface area contributed by atoms with Crippen LogP contribution in [0.5, 0.6) is 0 Å². The Bertz CT molecular complexity index is 938. The quantitative estimate of drug-likeness (QED) is 0.435. The van der Waals surface area contributed by atoms with Crippen molar-refractivity contribution in [3.63, 3.8) is 0 Å². The van der Waals surface area contributed by atoms with Crippen LogP contribution in [0.25, 0.3) is 0 Å². The van der Waals surface area contributed by atoms with Gasteiger partial charge in [0, 0.05) is 19.2 Å². The Balaban J connectivity index is 2.44. The van der Waals surface area contributed by atoms with E-state index in [1.807, 2.05) is 0 Å². The van der Waals surface area contributed by atoms with Crippen molar-refractivity contribution in [2.24, 2.45) is 0 Å². The van der Waals surface area contributed by atoms with E-state index < -0.39 is 20.9 Å². The van der Waals surface area contributed by atoms with Crippen LogP contribution in [0.4, 0.5) is 11.4 Å². The number of anilines is 1. The molecule has 0 saturated heterocycles. The van der Waals surface area contributed by atoms with E-state index in [9.17, 15) is 23.3 Å². The smallest absolute Gasteiger partial charge is 0.338 e. The van der Waals surface area contributed by atoms with Crippen LogP contribution in [0.1, 0.15) is 22.8 Å². The molecule has 138 valence electrons. The molecule has 0 spiro atoms. The Labute approximate surface area is 151 Å². The molecule has 0 atom stereocenters. The predicted octanol–water partition coefficient (Wildman–Crippen LogP) is 2.91. The minimum atomic E-state index is -3.95. The number of sulfonamides is 1. The maximum Gasteiger partial charge on any atom is 0.338 e. The lowest BCUT2D eigenvalue weighted by atomic mass is 10.1. The van der Waals surface area contributed by atoms with Gasteiger partial charge in [-0.05, 0) is 43.7 Å². The summed E-state index contributed by atoms with van der Waals surface area (Å²) < 4.78 is 31.6. The number of hydrogen-bond acceptors (Lipinski definition) is 6. The zero-order valence-electron chi connectivity index (χ0n) is 14.5. The molecule has 0 aliphatic heterocycles. The summed E-state index contributed by atoms with van der Waals surface area (Å²) in [5.41, 5.74) is 0.843. The highest BCUT2D eigenvalue weighted by molar-refractivity contribution is 7.92. The van der Waals surface area contributed by atoms with Crippen LogP contribution in [0, 0.1) is 17.0 Å². The summed E-state index contributed by atoms with van der Waals surface area (Å²) in [5, 5.41) is 10.7. The Kier molecular flexibility index (Phi) is 5.61. The van der Waals surface area contributed by atoms with Gasteiger partial charge >= 0.3 is 5.97 Å². The molecular formula is C17H18N2O6S. The SMILES string of the molecule is CCOC(=O)c1cccc(N(C)S(=O)(=O)c2ccc([N+](=O)[O-])cc2)c1C. The lowest BCUT2D eigenvalue weighted by Crippen LogP contribution is -2.27. The topological polar surface area (TPSA) is 107 Å². The van der Waals surface area contributed by atoms with Gasteiger partial charge in [-0.3, -0.25) is 14.4 Å². The monoisotopic (exact) mass is 378 g/mol. The lowest BCUT2D eigenvalue weighted by molar-refractivity contribution is -0.384. The second kappa shape index (κ2) is 7.52. The van der Waals surface area contributed by atoms with Gasteiger partial charge < -0.3 is 4.74 Å². The minimum Gasteiger partial charge on any atom is -0.462 e. The van der Waals surface area contributed by atoms with Gasteiger partial charge in [-0.25, -0.2) is 13.2 Å². The first-order valence-corrected chi connectivity index (χ1v) is 9.14. The predicted molar refractivity (Wildman–Crippen MR) is 95.8 cm³/mol. The molecule has 0 amide bonds. The molecule has 26 heavy (non-hydrogen) atoms. The number of hydrogen-bond donors (Lipinski definition) is 0. The van der Waals surface area contributed by atoms with Crippen LogP contribution in [0.2, 0.25) is 0 Å². The van der Waals surface area contributed by atoms with Crippen molar-refractivity contribution < 1.29 is 22.9 Å². The Morgan fingerprint density at radius 3 is 2.35 bits per heavy atom. The third kappa shape index (κ3) is 3.67. The molecule has 0 aliphatic rings. The second-order valence-electron chi connectivity index (χ2n) is 5.39. The third-order valence-corrected chi connectivity index (χ3v) is 5.63. The molecule has 0 unspecified atom stereocenters. The van der Waals surface area contributed by atoms with E-state index in [2.05, 4.69) is 0 Å². The first kappa shape index (κ1) is 19.4. The number of rotatable bonds is 6. The van der Waals surface area contributed by atoms with Crippen LogP contribution in [0.3, 0.4) is 0 Å². The van der Waals surface area contributed by atoms with Crippen LogP contribution < -0.4 is 4.31 Å². The maximum atomic E-state index is 12.8. The lowest BCUT2D eigenvalue weighted by Gasteiger charge is -2.22. The molecule has 2 rings (SSSR count). The van der Waals surface area contributed by atoms with E-state index in [0.29, 0.717) is 11.3 Å². The number of nitro benzene ring substituents is 1. The molecule has 0 bridgehead atoms. The number of benzene rings is 2. The number of carbonyl (C=O) groups is 1. The van der Waals surface area contributed by atoms with Crippen LogP contribution in [-0.4, -0.2) is 33.0 Å². The Hall–Kier alpha value is -2.94. The van der Waals surface area contributed by atoms with Gasteiger partial charge in [0.05, 0.1) is 27.7 Å². The molecule has 0 aliphatic carbocycles. The number of nitro groups is 1. The zero-order chi connectivity index (χ0) is 19.5. The van der Waals surface area contributed by atoms with E-state index in [1.54, 1.807) is 32.0 Å². The first-order chi connectivity index (χ1) is 12.2. The fourth-order valence-corrected chi connectivity index (χ4v) is 3.67. The molecule has 9 heteroatoms. The standard InChI is InChI=1S/C17H18N2O6S/c1-4-25-17(20)15-6-5-7-16(12(15)2)18(3)26(23,24)14-10-8-13(9-11-14)19(21)22/h5-11H,4H2,1-3H3. The fourth-order valence-electron chi connectivity index (χ4n) is 2.42. The van der Waals surface area contributed by atoms with Crippen molar-refractivity contribution in [1.29, 1.82) is 0 Å². The molecular weight excluding hydrogens is 360 g/mol. The normalized spacial score (nSPS) is 11.0. The molecule has 2 aromatic carbocycles. The van der Waals surface area contributed by atoms with Crippen molar-refractivity contribution >= 4 is 27.4 Å². The number of ether oxygens (including phenoxy) is 1. The van der Waals surface area contributed by atoms with E-state index >= 15 is 0 Å². The Morgan fingerprint density at radius 2 is 1.81 bits per heavy atom. The minimum absolute atomic E-state index is 0.0912. The molecule has 0 saturated carbocycles. The van der Waals surface area contributed by atoms with Gasteiger partial charge in [-0.1, -0.05) is 6.07 Å². The van der Waals surface area contributed by atoms with Crippen LogP contribution >= 0.6 is 0 Å². The van der Waals surface area contributed by atoms with Gasteiger partial charge in [0.2, 0.25) is 0 Å². The zero-order valence-corrected chi connectivity index (χ0v) is 15.3. The molecule has 0 aromatic heterocycles. The summed E-state index contributed by atoms with van der Waals surface area (Å²) in [6.07, 6.45) is 0. The molecule has 8 nitrogen and oxygen atoms in total. The number of non-ortho nitro benzene ring substituents is 1. The van der Waals surface area contributed by atoms with Crippen molar-refractivity contribution in [1.82, 2.24) is 0 Å². The fraction of sp³-hybridized carbons (Fsp3) is 0.235. The van der Waals surface area contributed by atoms with Crippen LogP contribution in [0.15, 0.2) is 47.4 Å². The van der Waals surface area contributed by atoms with Gasteiger partial charge in [-0.2, -0.15) is 0 Å². The average Bonchev–Trinajstić information content (AvgIpc) is 2.61. The highest BCUT2D eigenvalue weighted by Gasteiger charge is 2.25. The molecule has 0 heterocycles. The molecule has 2 aromatic rings. The van der Waals surface area contributed by atoms with Crippen LogP contribution in [-0.2, 0) is 14.8 Å². The van der Waals surface area contributed by atoms with Crippen molar-refractivity contribution in [3.05, 3.63) is 63.7 Å². The summed E-state index contributed by atoms with van der Waals surface area (Å²) in [4.78, 5) is 22.0. The third-order valence-electron chi connectivity index (χ3n) is 3.85. The Morgan fingerprint density at radius 1 is 1.19 bits per heavy atom. The van der Waals surface area contributed by atoms with Crippen molar-refractivity contribution in [3.8, 4) is 0 Å². The first-order valence-electron chi connectivity index (χ1n) is 7.70. The molecule has 0 N–H and O–H groups in total. The summed E-state index contributed by atoms with van der Waals surface area (Å²) in [6.45, 7) is 3.52. The molecule has 0 fully saturated rings. The van der Waals surface area contributed by atoms with E-state index in [-0.39, 0.29) is 22.8 Å². The summed E-state index contributed by atoms with van der Waals surface area (Å²) in [5.74, 6) is -0.534. The summed E-state index contributed by atoms with van der Waals surface area (Å²) in [7, 11) is -2.60. The summed E-state index contributed by atoms with van der Waals surface area (Å²) in [6, 6.07) is 9.30. The highest BCUT2D eigenvalue weighted by atomic mass is 32.2. The largest absolute Gasteiger partial charge is 0.462 e. The van der Waals surface area contributed by atoms with Crippen molar-refractivity contribution in [2.45, 2.75) is 18.7 Å². The number of carbonyl (C=O) groups excluding carboxylic acids is 1. The summed E-state index contributed by atoms with van der Waals surface area (Å²) >= 11 is 0. The van der Waals surface area contributed by atoms with Gasteiger partial charge in [0.25, 0.3) is 15.7 Å². The van der Waals surface area contributed by atoms with Gasteiger partial charge in [-0.15, -0.1) is 0 Å². The van der Waals surface area contributed by atoms with E-state index in [1.165, 1.54) is 19.2 Å². The number of esters is 1. The van der Waals surface area contributed by atoms with E-state index in [0.717, 1.165) is 16.4 Å². The van der Waals surface area contributed by atoms with Crippen molar-refractivity contribution in [2.75, 3.05) is 18.0 Å². The van der Waals surface area contributed by atoms with Gasteiger partial charge in [0.1, 0.15) is 0 Å².